The van der Waals surface area contributed by atoms with Crippen LogP contribution in [0.4, 0.5) is 5.82 Å². The van der Waals surface area contributed by atoms with E-state index in [1.54, 1.807) is 0 Å². The van der Waals surface area contributed by atoms with Crippen LogP contribution < -0.4 is 5.32 Å². The van der Waals surface area contributed by atoms with Gasteiger partial charge in [-0.2, -0.15) is 0 Å². The van der Waals surface area contributed by atoms with Gasteiger partial charge in [0.15, 0.2) is 0 Å². The van der Waals surface area contributed by atoms with E-state index in [4.69, 9.17) is 11.6 Å². The molecule has 0 spiro atoms. The van der Waals surface area contributed by atoms with Gasteiger partial charge in [-0.1, -0.05) is 18.5 Å². The first-order valence-corrected chi connectivity index (χ1v) is 5.23. The van der Waals surface area contributed by atoms with Crippen molar-refractivity contribution in [2.45, 2.75) is 33.2 Å². The van der Waals surface area contributed by atoms with Gasteiger partial charge in [0.05, 0.1) is 0 Å². The van der Waals surface area contributed by atoms with Crippen LogP contribution in [0.3, 0.4) is 0 Å². The minimum Gasteiger partial charge on any atom is -0.367 e. The van der Waals surface area contributed by atoms with E-state index in [9.17, 15) is 0 Å². The molecule has 0 aromatic carbocycles. The molecule has 1 fully saturated rings. The molecule has 3 nitrogen and oxygen atoms in total. The van der Waals surface area contributed by atoms with E-state index < -0.39 is 0 Å². The number of aryl methyl sites for hydroxylation is 1. The molecular weight excluding hydrogens is 198 g/mol. The molecular formula is C10H14ClN3. The number of hydrogen-bond donors (Lipinski definition) is 1. The normalized spacial score (nSPS) is 24.9. The molecule has 1 aliphatic rings. The zero-order valence-corrected chi connectivity index (χ0v) is 9.39. The van der Waals surface area contributed by atoms with Crippen LogP contribution >= 0.6 is 11.6 Å². The lowest BCUT2D eigenvalue weighted by molar-refractivity contribution is 0.913. The van der Waals surface area contributed by atoms with Crippen molar-refractivity contribution in [2.75, 3.05) is 5.32 Å². The number of aromatic nitrogens is 2. The van der Waals surface area contributed by atoms with Crippen molar-refractivity contribution < 1.29 is 0 Å². The van der Waals surface area contributed by atoms with Crippen molar-refractivity contribution in [1.29, 1.82) is 0 Å². The summed E-state index contributed by atoms with van der Waals surface area (Å²) in [4.78, 5) is 8.44. The first kappa shape index (κ1) is 9.71. The fraction of sp³-hybridized carbons (Fsp3) is 0.600. The fourth-order valence-corrected chi connectivity index (χ4v) is 1.65. The summed E-state index contributed by atoms with van der Waals surface area (Å²) in [5.41, 5.74) is 0.941. The first-order valence-electron chi connectivity index (χ1n) is 4.85. The molecule has 14 heavy (non-hydrogen) atoms. The molecule has 76 valence electrons. The summed E-state index contributed by atoms with van der Waals surface area (Å²) in [7, 11) is 0. The first-order chi connectivity index (χ1) is 6.58. The Morgan fingerprint density at radius 1 is 1.36 bits per heavy atom. The lowest BCUT2D eigenvalue weighted by atomic mass is 10.3. The van der Waals surface area contributed by atoms with E-state index in [-0.39, 0.29) is 0 Å². The Morgan fingerprint density at radius 3 is 2.57 bits per heavy atom. The summed E-state index contributed by atoms with van der Waals surface area (Å²) < 4.78 is 0. The summed E-state index contributed by atoms with van der Waals surface area (Å²) in [6, 6.07) is 0.569. The third kappa shape index (κ3) is 1.82. The molecule has 0 amide bonds. The van der Waals surface area contributed by atoms with E-state index in [0.29, 0.717) is 11.2 Å². The molecule has 2 atom stereocenters. The highest BCUT2D eigenvalue weighted by Gasteiger charge is 2.33. The maximum atomic E-state index is 5.97. The predicted molar refractivity (Wildman–Crippen MR) is 57.7 cm³/mol. The summed E-state index contributed by atoms with van der Waals surface area (Å²) in [5.74, 6) is 2.36. The quantitative estimate of drug-likeness (QED) is 0.765. The Hall–Kier alpha value is -0.830. The lowest BCUT2D eigenvalue weighted by Gasteiger charge is -2.09. The molecule has 1 heterocycles. The maximum absolute atomic E-state index is 5.97. The SMILES string of the molecule is Cc1nc(Cl)c(C)c(NC2CC2C)n1. The average Bonchev–Trinajstić information content (AvgIpc) is 2.77. The van der Waals surface area contributed by atoms with Gasteiger partial charge >= 0.3 is 0 Å². The van der Waals surface area contributed by atoms with E-state index in [0.717, 1.165) is 23.1 Å². The minimum atomic E-state index is 0.549. The summed E-state index contributed by atoms with van der Waals surface area (Å²) >= 11 is 5.97. The van der Waals surface area contributed by atoms with Crippen LogP contribution in [-0.2, 0) is 0 Å². The van der Waals surface area contributed by atoms with Gasteiger partial charge in [-0.15, -0.1) is 0 Å². The van der Waals surface area contributed by atoms with Crippen LogP contribution in [0.15, 0.2) is 0 Å². The second-order valence-electron chi connectivity index (χ2n) is 4.00. The number of halogens is 1. The molecule has 0 bridgehead atoms. The van der Waals surface area contributed by atoms with E-state index in [1.165, 1.54) is 6.42 Å². The molecule has 1 N–H and O–H groups in total. The van der Waals surface area contributed by atoms with Crippen molar-refractivity contribution in [2.24, 2.45) is 5.92 Å². The molecule has 4 heteroatoms. The second-order valence-corrected chi connectivity index (χ2v) is 4.36. The monoisotopic (exact) mass is 211 g/mol. The third-order valence-corrected chi connectivity index (χ3v) is 3.00. The van der Waals surface area contributed by atoms with Crippen LogP contribution in [0.2, 0.25) is 5.15 Å². The van der Waals surface area contributed by atoms with Crippen molar-refractivity contribution >= 4 is 17.4 Å². The van der Waals surface area contributed by atoms with E-state index in [1.807, 2.05) is 13.8 Å². The number of nitrogens with one attached hydrogen (secondary N) is 1. The zero-order valence-electron chi connectivity index (χ0n) is 8.63. The smallest absolute Gasteiger partial charge is 0.137 e. The third-order valence-electron chi connectivity index (χ3n) is 2.63. The van der Waals surface area contributed by atoms with Crippen LogP contribution in [0.5, 0.6) is 0 Å². The molecule has 0 saturated heterocycles. The van der Waals surface area contributed by atoms with Crippen LogP contribution in [0, 0.1) is 19.8 Å². The lowest BCUT2D eigenvalue weighted by Crippen LogP contribution is -2.08. The van der Waals surface area contributed by atoms with Gasteiger partial charge in [0, 0.05) is 11.6 Å². The van der Waals surface area contributed by atoms with Crippen LogP contribution in [-0.4, -0.2) is 16.0 Å². The number of nitrogens with zero attached hydrogens (tertiary/aromatic N) is 2. The largest absolute Gasteiger partial charge is 0.367 e. The van der Waals surface area contributed by atoms with Crippen LogP contribution in [0.25, 0.3) is 0 Å². The molecule has 2 rings (SSSR count). The second kappa shape index (κ2) is 3.39. The molecule has 1 aliphatic carbocycles. The summed E-state index contributed by atoms with van der Waals surface area (Å²) in [6.07, 6.45) is 1.22. The predicted octanol–water partition coefficient (Wildman–Crippen LogP) is 2.57. The van der Waals surface area contributed by atoms with Crippen molar-refractivity contribution in [3.63, 3.8) is 0 Å². The maximum Gasteiger partial charge on any atom is 0.137 e. The van der Waals surface area contributed by atoms with E-state index >= 15 is 0 Å². The van der Waals surface area contributed by atoms with Gasteiger partial charge in [0.1, 0.15) is 16.8 Å². The standard InChI is InChI=1S/C10H14ClN3/c1-5-4-8(5)14-10-6(2)9(11)12-7(3)13-10/h5,8H,4H2,1-3H3,(H,12,13,14). The van der Waals surface area contributed by atoms with Crippen molar-refractivity contribution in [3.05, 3.63) is 16.5 Å². The van der Waals surface area contributed by atoms with Gasteiger partial charge in [-0.25, -0.2) is 9.97 Å². The van der Waals surface area contributed by atoms with Gasteiger partial charge in [0.25, 0.3) is 0 Å². The number of rotatable bonds is 2. The zero-order chi connectivity index (χ0) is 10.3. The average molecular weight is 212 g/mol. The summed E-state index contributed by atoms with van der Waals surface area (Å²) in [5, 5.41) is 3.93. The highest BCUT2D eigenvalue weighted by molar-refractivity contribution is 6.30. The Morgan fingerprint density at radius 2 is 2.00 bits per heavy atom. The van der Waals surface area contributed by atoms with Gasteiger partial charge < -0.3 is 5.32 Å². The van der Waals surface area contributed by atoms with E-state index in [2.05, 4.69) is 22.2 Å². The Labute approximate surface area is 88.9 Å². The molecule has 0 radical (unpaired) electrons. The van der Waals surface area contributed by atoms with Gasteiger partial charge in [0.2, 0.25) is 0 Å². The molecule has 1 aromatic rings. The van der Waals surface area contributed by atoms with Crippen molar-refractivity contribution in [1.82, 2.24) is 9.97 Å². The molecule has 0 aliphatic heterocycles. The topological polar surface area (TPSA) is 37.8 Å². The van der Waals surface area contributed by atoms with Gasteiger partial charge in [-0.3, -0.25) is 0 Å². The number of anilines is 1. The summed E-state index contributed by atoms with van der Waals surface area (Å²) in [6.45, 7) is 6.02. The highest BCUT2D eigenvalue weighted by Crippen LogP contribution is 2.33. The number of hydrogen-bond acceptors (Lipinski definition) is 3. The van der Waals surface area contributed by atoms with Crippen LogP contribution in [0.1, 0.15) is 24.7 Å². The Bertz CT molecular complexity index is 365. The van der Waals surface area contributed by atoms with Gasteiger partial charge in [-0.05, 0) is 26.2 Å². The minimum absolute atomic E-state index is 0.549. The fourth-order valence-electron chi connectivity index (χ4n) is 1.43. The highest BCUT2D eigenvalue weighted by atomic mass is 35.5. The Balaban J connectivity index is 2.23. The molecule has 1 aromatic heterocycles. The Kier molecular flexibility index (Phi) is 2.35. The molecule has 2 unspecified atom stereocenters. The molecule has 1 saturated carbocycles. The van der Waals surface area contributed by atoms with Crippen molar-refractivity contribution in [3.8, 4) is 0 Å².